The van der Waals surface area contributed by atoms with E-state index in [2.05, 4.69) is 6.07 Å². The first kappa shape index (κ1) is 18.0. The molecule has 0 N–H and O–H groups in total. The Morgan fingerprint density at radius 2 is 1.92 bits per heavy atom. The number of nitriles is 1. The number of allylic oxidation sites excluding steroid dienone is 1. The molecule has 0 saturated heterocycles. The molecule has 0 aliphatic rings. The van der Waals surface area contributed by atoms with Crippen molar-refractivity contribution in [1.29, 1.82) is 5.26 Å². The first-order valence-electron chi connectivity index (χ1n) is 7.65. The lowest BCUT2D eigenvalue weighted by molar-refractivity contribution is -0.130. The number of benzene rings is 2. The second kappa shape index (κ2) is 8.46. The highest BCUT2D eigenvalue weighted by atomic mass is 16.5. The Kier molecular flexibility index (Phi) is 6.08. The summed E-state index contributed by atoms with van der Waals surface area (Å²) >= 11 is 0. The predicted molar refractivity (Wildman–Crippen MR) is 95.2 cm³/mol. The normalized spacial score (nSPS) is 10.3. The summed E-state index contributed by atoms with van der Waals surface area (Å²) in [4.78, 5) is 25.3. The van der Waals surface area contributed by atoms with Crippen molar-refractivity contribution in [2.45, 2.75) is 0 Å². The van der Waals surface area contributed by atoms with Crippen molar-refractivity contribution in [3.63, 3.8) is 0 Å². The van der Waals surface area contributed by atoms with Gasteiger partial charge in [-0.1, -0.05) is 30.3 Å². The molecule has 2 rings (SSSR count). The van der Waals surface area contributed by atoms with Gasteiger partial charge in [-0.2, -0.15) is 5.26 Å². The van der Waals surface area contributed by atoms with E-state index in [0.717, 1.165) is 5.56 Å². The van der Waals surface area contributed by atoms with Crippen LogP contribution in [0.4, 0.5) is 0 Å². The lowest BCUT2D eigenvalue weighted by Gasteiger charge is -2.11. The van der Waals surface area contributed by atoms with E-state index in [4.69, 9.17) is 10.00 Å². The summed E-state index contributed by atoms with van der Waals surface area (Å²) in [7, 11) is 3.30. The third-order valence-electron chi connectivity index (χ3n) is 3.42. The predicted octanol–water partition coefficient (Wildman–Crippen LogP) is 2.92. The second-order valence-electron chi connectivity index (χ2n) is 5.54. The topological polar surface area (TPSA) is 70.4 Å². The van der Waals surface area contributed by atoms with Crippen molar-refractivity contribution in [1.82, 2.24) is 4.90 Å². The van der Waals surface area contributed by atoms with Gasteiger partial charge < -0.3 is 9.64 Å². The molecule has 0 aliphatic heterocycles. The number of carbonyl (C=O) groups is 2. The van der Waals surface area contributed by atoms with Crippen molar-refractivity contribution in [2.75, 3.05) is 20.7 Å². The minimum Gasteiger partial charge on any atom is -0.484 e. The van der Waals surface area contributed by atoms with Crippen molar-refractivity contribution in [2.24, 2.45) is 0 Å². The summed E-state index contributed by atoms with van der Waals surface area (Å²) < 4.78 is 5.41. The van der Waals surface area contributed by atoms with Crippen molar-refractivity contribution >= 4 is 17.8 Å². The van der Waals surface area contributed by atoms with Crippen LogP contribution in [-0.2, 0) is 4.79 Å². The van der Waals surface area contributed by atoms with Crippen LogP contribution in [0.25, 0.3) is 6.08 Å². The number of hydrogen-bond donors (Lipinski definition) is 0. The highest BCUT2D eigenvalue weighted by Crippen LogP contribution is 2.15. The number of carbonyl (C=O) groups excluding carboxylic acids is 2. The monoisotopic (exact) mass is 334 g/mol. The van der Waals surface area contributed by atoms with Crippen LogP contribution in [0.15, 0.2) is 54.6 Å². The first-order valence-corrected chi connectivity index (χ1v) is 7.65. The van der Waals surface area contributed by atoms with Gasteiger partial charge in [0.15, 0.2) is 12.4 Å². The molecular formula is C20H18N2O3. The molecule has 2 aromatic carbocycles. The molecule has 0 heterocycles. The number of likely N-dealkylation sites (N-methyl/N-ethyl adjacent to an activating group) is 1. The minimum atomic E-state index is -0.188. The van der Waals surface area contributed by atoms with E-state index in [1.807, 2.05) is 6.07 Å². The third kappa shape index (κ3) is 5.33. The molecule has 2 aromatic rings. The largest absolute Gasteiger partial charge is 0.484 e. The highest BCUT2D eigenvalue weighted by molar-refractivity contribution is 6.07. The Morgan fingerprint density at radius 3 is 2.64 bits per heavy atom. The molecule has 0 saturated carbocycles. The molecule has 0 radical (unpaired) electrons. The van der Waals surface area contributed by atoms with Crippen molar-refractivity contribution in [3.8, 4) is 11.8 Å². The van der Waals surface area contributed by atoms with Crippen LogP contribution in [0, 0.1) is 11.3 Å². The lowest BCUT2D eigenvalue weighted by Crippen LogP contribution is -2.27. The molecule has 5 heteroatoms. The average molecular weight is 334 g/mol. The number of nitrogens with zero attached hydrogens (tertiary/aromatic N) is 2. The number of amides is 1. The molecule has 0 fully saturated rings. The molecule has 5 nitrogen and oxygen atoms in total. The van der Waals surface area contributed by atoms with E-state index in [-0.39, 0.29) is 18.3 Å². The van der Waals surface area contributed by atoms with Crippen LogP contribution in [-0.4, -0.2) is 37.3 Å². The van der Waals surface area contributed by atoms with Gasteiger partial charge in [0, 0.05) is 19.7 Å². The Labute approximate surface area is 146 Å². The maximum absolute atomic E-state index is 12.3. The summed E-state index contributed by atoms with van der Waals surface area (Å²) in [6.45, 7) is -0.0819. The zero-order chi connectivity index (χ0) is 18.2. The summed E-state index contributed by atoms with van der Waals surface area (Å²) in [6, 6.07) is 15.7. The molecular weight excluding hydrogens is 316 g/mol. The fourth-order valence-corrected chi connectivity index (χ4v) is 1.99. The van der Waals surface area contributed by atoms with E-state index in [0.29, 0.717) is 16.9 Å². The molecule has 0 aliphatic carbocycles. The number of ether oxygens (including phenoxy) is 1. The maximum atomic E-state index is 12.3. The van der Waals surface area contributed by atoms with Crippen LogP contribution in [0.2, 0.25) is 0 Å². The number of rotatable bonds is 6. The molecule has 0 unspecified atom stereocenters. The van der Waals surface area contributed by atoms with Crippen LogP contribution in [0.3, 0.4) is 0 Å². The molecule has 126 valence electrons. The average Bonchev–Trinajstić information content (AvgIpc) is 2.64. The van der Waals surface area contributed by atoms with E-state index in [9.17, 15) is 9.59 Å². The highest BCUT2D eigenvalue weighted by Gasteiger charge is 2.07. The van der Waals surface area contributed by atoms with Gasteiger partial charge in [-0.3, -0.25) is 9.59 Å². The minimum absolute atomic E-state index is 0.0819. The van der Waals surface area contributed by atoms with E-state index in [1.165, 1.54) is 11.0 Å². The van der Waals surface area contributed by atoms with Gasteiger partial charge in [0.1, 0.15) is 5.75 Å². The molecule has 1 amide bonds. The SMILES string of the molecule is CN(C)C(=O)COc1cccc(C(=O)/C=C\c2cccc(C#N)c2)c1. The van der Waals surface area contributed by atoms with Crippen LogP contribution >= 0.6 is 0 Å². The molecule has 0 spiro atoms. The Hall–Kier alpha value is -3.39. The third-order valence-corrected chi connectivity index (χ3v) is 3.42. The van der Waals surface area contributed by atoms with E-state index in [1.54, 1.807) is 62.6 Å². The summed E-state index contributed by atoms with van der Waals surface area (Å²) in [5.41, 5.74) is 1.77. The van der Waals surface area contributed by atoms with Gasteiger partial charge >= 0.3 is 0 Å². The van der Waals surface area contributed by atoms with Crippen molar-refractivity contribution in [3.05, 3.63) is 71.3 Å². The molecule has 0 atom stereocenters. The molecule has 0 aromatic heterocycles. The van der Waals surface area contributed by atoms with Crippen LogP contribution in [0.5, 0.6) is 5.75 Å². The Bertz CT molecular complexity index is 848. The van der Waals surface area contributed by atoms with Gasteiger partial charge in [0.25, 0.3) is 5.91 Å². The van der Waals surface area contributed by atoms with E-state index < -0.39 is 0 Å². The summed E-state index contributed by atoms with van der Waals surface area (Å²) in [6.07, 6.45) is 3.10. The fraction of sp³-hybridized carbons (Fsp3) is 0.150. The van der Waals surface area contributed by atoms with Gasteiger partial charge in [-0.15, -0.1) is 0 Å². The zero-order valence-corrected chi connectivity index (χ0v) is 14.1. The van der Waals surface area contributed by atoms with Gasteiger partial charge in [0.05, 0.1) is 11.6 Å². The Morgan fingerprint density at radius 1 is 1.16 bits per heavy atom. The quantitative estimate of drug-likeness (QED) is 0.601. The van der Waals surface area contributed by atoms with Crippen LogP contribution in [0.1, 0.15) is 21.5 Å². The fourth-order valence-electron chi connectivity index (χ4n) is 1.99. The zero-order valence-electron chi connectivity index (χ0n) is 14.1. The number of ketones is 1. The number of hydrogen-bond acceptors (Lipinski definition) is 4. The Balaban J connectivity index is 2.06. The first-order chi connectivity index (χ1) is 12.0. The standard InChI is InChI=1S/C20H18N2O3/c1-22(2)20(24)14-25-18-8-4-7-17(12-18)19(23)10-9-15-5-3-6-16(11-15)13-21/h3-12H,14H2,1-2H3/b10-9-. The summed E-state index contributed by atoms with van der Waals surface area (Å²) in [5.74, 6) is 0.113. The maximum Gasteiger partial charge on any atom is 0.259 e. The van der Waals surface area contributed by atoms with Gasteiger partial charge in [-0.05, 0) is 35.9 Å². The lowest BCUT2D eigenvalue weighted by atomic mass is 10.1. The summed E-state index contributed by atoms with van der Waals surface area (Å²) in [5, 5.41) is 8.89. The van der Waals surface area contributed by atoms with Crippen molar-refractivity contribution < 1.29 is 14.3 Å². The smallest absolute Gasteiger partial charge is 0.259 e. The van der Waals surface area contributed by atoms with E-state index >= 15 is 0 Å². The molecule has 25 heavy (non-hydrogen) atoms. The van der Waals surface area contributed by atoms with Gasteiger partial charge in [0.2, 0.25) is 0 Å². The van der Waals surface area contributed by atoms with Crippen LogP contribution < -0.4 is 4.74 Å². The second-order valence-corrected chi connectivity index (χ2v) is 5.54. The van der Waals surface area contributed by atoms with Gasteiger partial charge in [-0.25, -0.2) is 0 Å². The molecule has 0 bridgehead atoms.